The van der Waals surface area contributed by atoms with E-state index in [1.165, 1.54) is 5.56 Å². The van der Waals surface area contributed by atoms with Crippen LogP contribution in [0.3, 0.4) is 0 Å². The first-order valence-electron chi connectivity index (χ1n) is 8.08. The van der Waals surface area contributed by atoms with Gasteiger partial charge in [0.15, 0.2) is 11.5 Å². The fourth-order valence-electron chi connectivity index (χ4n) is 4.29. The summed E-state index contributed by atoms with van der Waals surface area (Å²) in [5, 5.41) is 0. The van der Waals surface area contributed by atoms with E-state index in [9.17, 15) is 4.79 Å². The van der Waals surface area contributed by atoms with E-state index in [1.807, 2.05) is 0 Å². The average molecular weight is 319 g/mol. The predicted molar refractivity (Wildman–Crippen MR) is 87.7 cm³/mol. The number of carbonyl (C=O) groups excluding carboxylic acids is 1. The van der Waals surface area contributed by atoms with Crippen LogP contribution in [0.25, 0.3) is 0 Å². The Balaban J connectivity index is 2.11. The van der Waals surface area contributed by atoms with Crippen molar-refractivity contribution in [2.45, 2.75) is 37.1 Å². The smallest absolute Gasteiger partial charge is 0.203 e. The first-order chi connectivity index (χ1) is 11.1. The lowest BCUT2D eigenvalue weighted by Gasteiger charge is -2.41. The molecule has 1 aromatic rings. The summed E-state index contributed by atoms with van der Waals surface area (Å²) < 4.78 is 16.5. The molecular weight excluding hydrogens is 294 g/mol. The number of rotatable bonds is 4. The number of likely N-dealkylation sites (tertiary alicyclic amines) is 1. The van der Waals surface area contributed by atoms with Crippen LogP contribution in [-0.2, 0) is 10.2 Å². The van der Waals surface area contributed by atoms with Crippen molar-refractivity contribution in [1.82, 2.24) is 4.90 Å². The minimum atomic E-state index is -0.00447. The Morgan fingerprint density at radius 1 is 1.09 bits per heavy atom. The first-order valence-corrected chi connectivity index (χ1v) is 8.08. The number of hydrogen-bond acceptors (Lipinski definition) is 5. The Morgan fingerprint density at radius 2 is 1.74 bits per heavy atom. The minimum absolute atomic E-state index is 0.00447. The maximum atomic E-state index is 12.0. The zero-order chi connectivity index (χ0) is 16.6. The van der Waals surface area contributed by atoms with Gasteiger partial charge in [-0.25, -0.2) is 0 Å². The van der Waals surface area contributed by atoms with Gasteiger partial charge in [0.2, 0.25) is 5.75 Å². The van der Waals surface area contributed by atoms with Crippen molar-refractivity contribution in [2.24, 2.45) is 0 Å². The Bertz CT molecular complexity index is 590. The molecule has 2 fully saturated rings. The summed E-state index contributed by atoms with van der Waals surface area (Å²) in [4.78, 5) is 14.3. The zero-order valence-electron chi connectivity index (χ0n) is 14.3. The lowest BCUT2D eigenvalue weighted by atomic mass is 9.66. The molecule has 1 heterocycles. The standard InChI is InChI=1S/C18H25NO4/c1-19-8-7-18(6-5-13(20)11-16(18)19)12-9-14(21-2)17(23-4)15(10-12)22-3/h9-10,16H,5-8,11H2,1-4H3/t16-,18-/m0/s1. The number of nitrogens with zero attached hydrogens (tertiary/aromatic N) is 1. The highest BCUT2D eigenvalue weighted by Gasteiger charge is 2.50. The summed E-state index contributed by atoms with van der Waals surface area (Å²) in [7, 11) is 7.01. The fourth-order valence-corrected chi connectivity index (χ4v) is 4.29. The van der Waals surface area contributed by atoms with Crippen LogP contribution in [0.15, 0.2) is 12.1 Å². The van der Waals surface area contributed by atoms with Crippen LogP contribution < -0.4 is 14.2 Å². The van der Waals surface area contributed by atoms with Crippen LogP contribution in [0.4, 0.5) is 0 Å². The zero-order valence-corrected chi connectivity index (χ0v) is 14.3. The highest BCUT2D eigenvalue weighted by molar-refractivity contribution is 5.81. The number of fused-ring (bicyclic) bond motifs is 1. The Kier molecular flexibility index (Phi) is 4.23. The van der Waals surface area contributed by atoms with E-state index in [1.54, 1.807) is 21.3 Å². The van der Waals surface area contributed by atoms with Crippen molar-refractivity contribution in [2.75, 3.05) is 34.9 Å². The molecule has 1 aliphatic carbocycles. The molecule has 0 unspecified atom stereocenters. The largest absolute Gasteiger partial charge is 0.493 e. The number of benzene rings is 1. The van der Waals surface area contributed by atoms with Gasteiger partial charge in [0.25, 0.3) is 0 Å². The molecule has 0 spiro atoms. The molecule has 1 saturated carbocycles. The number of methoxy groups -OCH3 is 3. The van der Waals surface area contributed by atoms with Crippen molar-refractivity contribution < 1.29 is 19.0 Å². The number of carbonyl (C=O) groups is 1. The third-order valence-electron chi connectivity index (χ3n) is 5.59. The second kappa shape index (κ2) is 6.04. The van der Waals surface area contributed by atoms with E-state index in [0.29, 0.717) is 35.9 Å². The lowest BCUT2D eigenvalue weighted by molar-refractivity contribution is -0.122. The molecule has 0 N–H and O–H groups in total. The maximum absolute atomic E-state index is 12.0. The van der Waals surface area contributed by atoms with Crippen LogP contribution in [0, 0.1) is 0 Å². The van der Waals surface area contributed by atoms with Crippen molar-refractivity contribution in [3.05, 3.63) is 17.7 Å². The van der Waals surface area contributed by atoms with E-state index < -0.39 is 0 Å². The second-order valence-electron chi connectivity index (χ2n) is 6.56. The summed E-state index contributed by atoms with van der Waals surface area (Å²) in [6.45, 7) is 1.01. The predicted octanol–water partition coefficient (Wildman–Crippen LogP) is 2.41. The van der Waals surface area contributed by atoms with Gasteiger partial charge in [-0.3, -0.25) is 4.79 Å². The molecule has 1 aromatic carbocycles. The molecule has 0 radical (unpaired) electrons. The van der Waals surface area contributed by atoms with Gasteiger partial charge in [-0.05, 0) is 44.1 Å². The van der Waals surface area contributed by atoms with Crippen molar-refractivity contribution in [3.63, 3.8) is 0 Å². The number of ether oxygens (including phenoxy) is 3. The normalized spacial score (nSPS) is 27.7. The molecule has 1 aliphatic heterocycles. The van der Waals surface area contributed by atoms with E-state index in [-0.39, 0.29) is 11.5 Å². The third-order valence-corrected chi connectivity index (χ3v) is 5.59. The second-order valence-corrected chi connectivity index (χ2v) is 6.56. The van der Waals surface area contributed by atoms with Gasteiger partial charge in [-0.1, -0.05) is 0 Å². The quantitative estimate of drug-likeness (QED) is 0.853. The van der Waals surface area contributed by atoms with Gasteiger partial charge in [-0.2, -0.15) is 0 Å². The lowest BCUT2D eigenvalue weighted by Crippen LogP contribution is -2.46. The van der Waals surface area contributed by atoms with Gasteiger partial charge < -0.3 is 19.1 Å². The Hall–Kier alpha value is -1.75. The van der Waals surface area contributed by atoms with Gasteiger partial charge in [0.05, 0.1) is 21.3 Å². The van der Waals surface area contributed by atoms with Gasteiger partial charge in [-0.15, -0.1) is 0 Å². The maximum Gasteiger partial charge on any atom is 0.203 e. The molecule has 5 nitrogen and oxygen atoms in total. The van der Waals surface area contributed by atoms with Crippen LogP contribution in [0.2, 0.25) is 0 Å². The summed E-state index contributed by atoms with van der Waals surface area (Å²) in [6, 6.07) is 4.37. The van der Waals surface area contributed by atoms with Crippen molar-refractivity contribution >= 4 is 5.78 Å². The molecule has 5 heteroatoms. The molecule has 0 amide bonds. The van der Waals surface area contributed by atoms with Gasteiger partial charge >= 0.3 is 0 Å². The van der Waals surface area contributed by atoms with Crippen molar-refractivity contribution in [1.29, 1.82) is 0 Å². The van der Waals surface area contributed by atoms with Crippen LogP contribution >= 0.6 is 0 Å². The number of ketones is 1. The highest BCUT2D eigenvalue weighted by atomic mass is 16.5. The van der Waals surface area contributed by atoms with E-state index in [2.05, 4.69) is 24.1 Å². The Labute approximate surface area is 137 Å². The highest BCUT2D eigenvalue weighted by Crippen LogP contribution is 2.51. The summed E-state index contributed by atoms with van der Waals surface area (Å²) in [5.74, 6) is 2.35. The molecule has 23 heavy (non-hydrogen) atoms. The molecule has 0 bridgehead atoms. The van der Waals surface area contributed by atoms with E-state index in [0.717, 1.165) is 19.4 Å². The number of hydrogen-bond donors (Lipinski definition) is 0. The number of Topliss-reactive ketones (excluding diaryl/α,β-unsaturated/α-hetero) is 1. The average Bonchev–Trinajstić information content (AvgIpc) is 2.91. The first kappa shape index (κ1) is 16.1. The van der Waals surface area contributed by atoms with E-state index >= 15 is 0 Å². The van der Waals surface area contributed by atoms with Gasteiger partial charge in [0.1, 0.15) is 5.78 Å². The molecule has 126 valence electrons. The van der Waals surface area contributed by atoms with Crippen LogP contribution in [0.5, 0.6) is 17.2 Å². The topological polar surface area (TPSA) is 48.0 Å². The monoisotopic (exact) mass is 319 g/mol. The Morgan fingerprint density at radius 3 is 2.30 bits per heavy atom. The summed E-state index contributed by atoms with van der Waals surface area (Å²) in [5.41, 5.74) is 1.18. The molecule has 3 rings (SSSR count). The molecule has 1 saturated heterocycles. The molecule has 2 aliphatic rings. The molecule has 0 aromatic heterocycles. The summed E-state index contributed by atoms with van der Waals surface area (Å²) in [6.07, 6.45) is 3.23. The van der Waals surface area contributed by atoms with Crippen LogP contribution in [-0.4, -0.2) is 51.6 Å². The minimum Gasteiger partial charge on any atom is -0.493 e. The number of likely N-dealkylation sites (N-methyl/N-ethyl adjacent to an activating group) is 1. The molecule has 2 atom stereocenters. The van der Waals surface area contributed by atoms with Crippen LogP contribution in [0.1, 0.15) is 31.2 Å². The summed E-state index contributed by atoms with van der Waals surface area (Å²) >= 11 is 0. The molecular formula is C18H25NO4. The van der Waals surface area contributed by atoms with Gasteiger partial charge in [0, 0.05) is 24.3 Å². The van der Waals surface area contributed by atoms with E-state index in [4.69, 9.17) is 14.2 Å². The fraction of sp³-hybridized carbons (Fsp3) is 0.611. The third kappa shape index (κ3) is 2.47. The SMILES string of the molecule is COc1cc([C@@]23CCC(=O)C[C@@H]2N(C)CC3)cc(OC)c1OC. The van der Waals surface area contributed by atoms with Crippen molar-refractivity contribution in [3.8, 4) is 17.2 Å².